The van der Waals surface area contributed by atoms with E-state index in [9.17, 15) is 0 Å². The van der Waals surface area contributed by atoms with Crippen molar-refractivity contribution in [1.29, 1.82) is 0 Å². The number of nitrogens with one attached hydrogen (secondary N) is 1. The van der Waals surface area contributed by atoms with Crippen LogP contribution in [0.5, 0.6) is 11.5 Å². The number of aryl methyl sites for hydroxylation is 1. The third kappa shape index (κ3) is 5.42. The maximum atomic E-state index is 6.24. The average Bonchev–Trinajstić information content (AvgIpc) is 3.31. The SMILES string of the molecule is COc1cc(CNc2ccc(-c3nc4ccc(C)cc4s3)cc2)ccc1OCc1ccccc1Cl. The van der Waals surface area contributed by atoms with Crippen LogP contribution in [-0.2, 0) is 13.2 Å². The Balaban J connectivity index is 1.23. The van der Waals surface area contributed by atoms with Crippen molar-refractivity contribution in [2.24, 2.45) is 0 Å². The second-order valence-corrected chi connectivity index (χ2v) is 9.72. The van der Waals surface area contributed by atoms with Gasteiger partial charge < -0.3 is 14.8 Å². The number of aromatic nitrogens is 1. The van der Waals surface area contributed by atoms with Crippen LogP contribution in [0, 0.1) is 6.92 Å². The highest BCUT2D eigenvalue weighted by Crippen LogP contribution is 2.32. The molecule has 0 amide bonds. The zero-order valence-electron chi connectivity index (χ0n) is 19.5. The molecule has 1 heterocycles. The zero-order chi connectivity index (χ0) is 24.2. The second kappa shape index (κ2) is 10.4. The molecular formula is C29H25ClN2O2S. The lowest BCUT2D eigenvalue weighted by molar-refractivity contribution is 0.284. The van der Waals surface area contributed by atoms with Gasteiger partial charge in [-0.15, -0.1) is 11.3 Å². The zero-order valence-corrected chi connectivity index (χ0v) is 21.1. The van der Waals surface area contributed by atoms with Crippen molar-refractivity contribution in [2.45, 2.75) is 20.1 Å². The molecule has 1 N–H and O–H groups in total. The monoisotopic (exact) mass is 500 g/mol. The summed E-state index contributed by atoms with van der Waals surface area (Å²) < 4.78 is 12.7. The number of rotatable bonds is 8. The van der Waals surface area contributed by atoms with E-state index in [0.29, 0.717) is 29.7 Å². The molecule has 0 fully saturated rings. The molecule has 6 heteroatoms. The fourth-order valence-electron chi connectivity index (χ4n) is 3.80. The molecule has 4 aromatic carbocycles. The first-order chi connectivity index (χ1) is 17.1. The molecule has 176 valence electrons. The Morgan fingerprint density at radius 3 is 2.54 bits per heavy atom. The minimum Gasteiger partial charge on any atom is -0.493 e. The minimum absolute atomic E-state index is 0.383. The standard InChI is InChI=1S/C29H25ClN2O2S/c1-19-7-13-25-28(15-19)35-29(32-25)21-9-11-23(12-10-21)31-17-20-8-14-26(27(16-20)33-2)34-18-22-5-3-4-6-24(22)30/h3-16,31H,17-18H2,1-2H3. The van der Waals surface area contributed by atoms with Gasteiger partial charge in [0.25, 0.3) is 0 Å². The largest absolute Gasteiger partial charge is 0.493 e. The number of ether oxygens (including phenoxy) is 2. The molecule has 35 heavy (non-hydrogen) atoms. The van der Waals surface area contributed by atoms with Crippen molar-refractivity contribution >= 4 is 38.8 Å². The Kier molecular flexibility index (Phi) is 6.89. The maximum Gasteiger partial charge on any atom is 0.161 e. The van der Waals surface area contributed by atoms with E-state index in [1.54, 1.807) is 18.4 Å². The van der Waals surface area contributed by atoms with E-state index in [2.05, 4.69) is 54.7 Å². The molecule has 5 aromatic rings. The number of fused-ring (bicyclic) bond motifs is 1. The lowest BCUT2D eigenvalue weighted by Gasteiger charge is -2.14. The number of nitrogens with zero attached hydrogens (tertiary/aromatic N) is 1. The molecule has 0 saturated carbocycles. The third-order valence-corrected chi connectivity index (χ3v) is 7.18. The summed E-state index contributed by atoms with van der Waals surface area (Å²) in [6.45, 7) is 3.16. The van der Waals surface area contributed by atoms with E-state index >= 15 is 0 Å². The lowest BCUT2D eigenvalue weighted by atomic mass is 10.1. The van der Waals surface area contributed by atoms with Gasteiger partial charge in [0.2, 0.25) is 0 Å². The van der Waals surface area contributed by atoms with E-state index in [1.165, 1.54) is 10.3 Å². The molecule has 0 aliphatic heterocycles. The van der Waals surface area contributed by atoms with Crippen molar-refractivity contribution in [1.82, 2.24) is 4.98 Å². The average molecular weight is 501 g/mol. The van der Waals surface area contributed by atoms with Crippen LogP contribution in [0.15, 0.2) is 84.9 Å². The normalized spacial score (nSPS) is 10.9. The molecule has 1 aromatic heterocycles. The molecule has 0 aliphatic rings. The first kappa shape index (κ1) is 23.2. The summed E-state index contributed by atoms with van der Waals surface area (Å²) in [5, 5.41) is 5.21. The molecule has 4 nitrogen and oxygen atoms in total. The van der Waals surface area contributed by atoms with E-state index in [-0.39, 0.29) is 0 Å². The molecule has 0 aliphatic carbocycles. The highest BCUT2D eigenvalue weighted by molar-refractivity contribution is 7.21. The van der Waals surface area contributed by atoms with E-state index in [4.69, 9.17) is 26.1 Å². The molecule has 0 bridgehead atoms. The fourth-order valence-corrected chi connectivity index (χ4v) is 5.06. The van der Waals surface area contributed by atoms with E-state index < -0.39 is 0 Å². The van der Waals surface area contributed by atoms with Crippen LogP contribution in [0.25, 0.3) is 20.8 Å². The number of halogens is 1. The Morgan fingerprint density at radius 2 is 1.74 bits per heavy atom. The topological polar surface area (TPSA) is 43.4 Å². The van der Waals surface area contributed by atoms with Crippen LogP contribution in [-0.4, -0.2) is 12.1 Å². The van der Waals surface area contributed by atoms with Crippen molar-refractivity contribution < 1.29 is 9.47 Å². The summed E-state index contributed by atoms with van der Waals surface area (Å²) in [6, 6.07) is 28.4. The second-order valence-electron chi connectivity index (χ2n) is 8.29. The van der Waals surface area contributed by atoms with Gasteiger partial charge in [-0.25, -0.2) is 4.98 Å². The van der Waals surface area contributed by atoms with Crippen LogP contribution < -0.4 is 14.8 Å². The Morgan fingerprint density at radius 1 is 0.914 bits per heavy atom. The molecular weight excluding hydrogens is 476 g/mol. The van der Waals surface area contributed by atoms with Crippen LogP contribution >= 0.6 is 22.9 Å². The first-order valence-corrected chi connectivity index (χ1v) is 12.5. The Bertz CT molecular complexity index is 1460. The maximum absolute atomic E-state index is 6.24. The van der Waals surface area contributed by atoms with Gasteiger partial charge in [0.05, 0.1) is 17.3 Å². The fraction of sp³-hybridized carbons (Fsp3) is 0.138. The number of thiazole rings is 1. The van der Waals surface area contributed by atoms with Crippen LogP contribution in [0.4, 0.5) is 5.69 Å². The summed E-state index contributed by atoms with van der Waals surface area (Å²) in [5.74, 6) is 1.38. The summed E-state index contributed by atoms with van der Waals surface area (Å²) in [4.78, 5) is 4.78. The van der Waals surface area contributed by atoms with Gasteiger partial charge in [0.1, 0.15) is 11.6 Å². The Hall–Kier alpha value is -3.54. The van der Waals surface area contributed by atoms with E-state index in [0.717, 1.165) is 32.9 Å². The molecule has 0 unspecified atom stereocenters. The summed E-state index contributed by atoms with van der Waals surface area (Å²) in [5.41, 5.74) is 6.50. The van der Waals surface area contributed by atoms with Crippen molar-refractivity contribution in [3.8, 4) is 22.1 Å². The van der Waals surface area contributed by atoms with Gasteiger partial charge in [-0.2, -0.15) is 0 Å². The quantitative estimate of drug-likeness (QED) is 0.233. The molecule has 5 rings (SSSR count). The summed E-state index contributed by atoms with van der Waals surface area (Å²) in [6.07, 6.45) is 0. The number of anilines is 1. The van der Waals surface area contributed by atoms with Gasteiger partial charge in [0.15, 0.2) is 11.5 Å². The lowest BCUT2D eigenvalue weighted by Crippen LogP contribution is -2.02. The van der Waals surface area contributed by atoms with Gasteiger partial charge >= 0.3 is 0 Å². The van der Waals surface area contributed by atoms with Crippen LogP contribution in [0.1, 0.15) is 16.7 Å². The van der Waals surface area contributed by atoms with Gasteiger partial charge in [0, 0.05) is 28.4 Å². The minimum atomic E-state index is 0.383. The predicted octanol–water partition coefficient (Wildman–Crippen LogP) is 8.12. The highest BCUT2D eigenvalue weighted by Gasteiger charge is 2.09. The smallest absolute Gasteiger partial charge is 0.161 e. The molecule has 0 atom stereocenters. The first-order valence-electron chi connectivity index (χ1n) is 11.3. The molecule has 0 radical (unpaired) electrons. The van der Waals surface area contributed by atoms with E-state index in [1.807, 2.05) is 42.5 Å². The number of methoxy groups -OCH3 is 1. The van der Waals surface area contributed by atoms with Gasteiger partial charge in [-0.3, -0.25) is 0 Å². The van der Waals surface area contributed by atoms with Crippen LogP contribution in [0.3, 0.4) is 0 Å². The Labute approximate surface area is 214 Å². The number of benzene rings is 4. The van der Waals surface area contributed by atoms with Crippen LogP contribution in [0.2, 0.25) is 5.02 Å². The number of hydrogen-bond donors (Lipinski definition) is 1. The van der Waals surface area contributed by atoms with Crippen molar-refractivity contribution in [3.63, 3.8) is 0 Å². The van der Waals surface area contributed by atoms with Gasteiger partial charge in [-0.05, 0) is 72.6 Å². The number of hydrogen-bond acceptors (Lipinski definition) is 5. The van der Waals surface area contributed by atoms with Crippen molar-refractivity contribution in [2.75, 3.05) is 12.4 Å². The van der Waals surface area contributed by atoms with Gasteiger partial charge in [-0.1, -0.05) is 41.9 Å². The van der Waals surface area contributed by atoms with Crippen molar-refractivity contribution in [3.05, 3.63) is 107 Å². The molecule has 0 saturated heterocycles. The third-order valence-electron chi connectivity index (χ3n) is 5.74. The predicted molar refractivity (Wildman–Crippen MR) is 146 cm³/mol. The summed E-state index contributed by atoms with van der Waals surface area (Å²) in [7, 11) is 1.65. The highest BCUT2D eigenvalue weighted by atomic mass is 35.5. The summed E-state index contributed by atoms with van der Waals surface area (Å²) >= 11 is 7.96. The molecule has 0 spiro atoms.